The molecule has 250 valence electrons. The van der Waals surface area contributed by atoms with Crippen LogP contribution in [0.3, 0.4) is 0 Å². The molecule has 2 fully saturated rings. The Kier molecular flexibility index (Phi) is 21.1. The molecular formula is C33H51Cl2F2N3O4. The Labute approximate surface area is 272 Å². The molecule has 1 aromatic carbocycles. The average molecular weight is 663 g/mol. The molecule has 3 rings (SSSR count). The van der Waals surface area contributed by atoms with Crippen LogP contribution in [0.25, 0.3) is 0 Å². The number of hydrogen-bond acceptors (Lipinski definition) is 5. The zero-order valence-corrected chi connectivity index (χ0v) is 28.5. The van der Waals surface area contributed by atoms with Gasteiger partial charge in [0.15, 0.2) is 0 Å². The summed E-state index contributed by atoms with van der Waals surface area (Å²) in [6, 6.07) is 4.63. The molecule has 1 aromatic rings. The maximum atomic E-state index is 14.1. The number of hydrogen-bond donors (Lipinski definition) is 5. The lowest BCUT2D eigenvalue weighted by Crippen LogP contribution is -2.17. The molecule has 1 heterocycles. The highest BCUT2D eigenvalue weighted by Gasteiger charge is 2.30. The lowest BCUT2D eigenvalue weighted by atomic mass is 9.88. The first kappa shape index (κ1) is 41.7. The molecule has 1 saturated heterocycles. The Hall–Kier alpha value is -2.30. The van der Waals surface area contributed by atoms with Crippen molar-refractivity contribution in [3.8, 4) is 0 Å². The zero-order chi connectivity index (χ0) is 33.9. The van der Waals surface area contributed by atoms with E-state index in [2.05, 4.69) is 43.6 Å². The van der Waals surface area contributed by atoms with E-state index in [1.54, 1.807) is 25.1 Å². The maximum Gasteiger partial charge on any atom is 0.211 e. The van der Waals surface area contributed by atoms with Crippen LogP contribution >= 0.6 is 23.2 Å². The van der Waals surface area contributed by atoms with Gasteiger partial charge in [0, 0.05) is 31.2 Å². The highest BCUT2D eigenvalue weighted by Crippen LogP contribution is 2.32. The molecule has 5 atom stereocenters. The molecule has 0 spiro atoms. The molecule has 1 aliphatic carbocycles. The molecule has 2 amide bonds. The molecule has 1 saturated carbocycles. The van der Waals surface area contributed by atoms with Crippen molar-refractivity contribution < 1.29 is 28.6 Å². The first-order valence-corrected chi connectivity index (χ1v) is 15.7. The van der Waals surface area contributed by atoms with E-state index >= 15 is 0 Å². The van der Waals surface area contributed by atoms with Gasteiger partial charge in [-0.1, -0.05) is 76.9 Å². The van der Waals surface area contributed by atoms with Crippen molar-refractivity contribution in [1.29, 1.82) is 0 Å². The lowest BCUT2D eigenvalue weighted by molar-refractivity contribution is -0.110. The van der Waals surface area contributed by atoms with E-state index in [0.717, 1.165) is 12.0 Å². The summed E-state index contributed by atoms with van der Waals surface area (Å²) >= 11 is 11.7. The fourth-order valence-corrected chi connectivity index (χ4v) is 4.78. The first-order valence-electron chi connectivity index (χ1n) is 15.0. The minimum atomic E-state index is -0.600. The number of amides is 2. The van der Waals surface area contributed by atoms with Gasteiger partial charge in [0.05, 0.1) is 22.3 Å². The average Bonchev–Trinajstić information content (AvgIpc) is 3.55. The SMILES string of the molecule is CC.CC(C)(C)C.C\C(=C/C(Cl)=C(F)\C=C\[C@@H]1CNC[C@@H]1c1ccc(F)c(Cl)c1)NC=O.O=CNCCC1CC(O)[C@@H](O)C1. The number of allylic oxidation sites excluding steroid dienone is 5. The van der Waals surface area contributed by atoms with Crippen LogP contribution in [0.4, 0.5) is 8.78 Å². The normalized spacial score (nSPS) is 23.7. The molecular weight excluding hydrogens is 611 g/mol. The molecule has 2 aliphatic rings. The molecule has 11 heteroatoms. The molecule has 0 bridgehead atoms. The Balaban J connectivity index is 0.000000804. The van der Waals surface area contributed by atoms with Crippen molar-refractivity contribution in [1.82, 2.24) is 16.0 Å². The topological polar surface area (TPSA) is 111 Å². The maximum absolute atomic E-state index is 14.1. The van der Waals surface area contributed by atoms with Gasteiger partial charge in [-0.3, -0.25) is 9.59 Å². The van der Waals surface area contributed by atoms with Gasteiger partial charge in [0.1, 0.15) is 11.6 Å². The first-order chi connectivity index (χ1) is 20.7. The minimum absolute atomic E-state index is 0.0231. The van der Waals surface area contributed by atoms with Crippen molar-refractivity contribution in [2.45, 2.75) is 85.9 Å². The largest absolute Gasteiger partial charge is 0.390 e. The van der Waals surface area contributed by atoms with Crippen molar-refractivity contribution in [2.75, 3.05) is 19.6 Å². The van der Waals surface area contributed by atoms with Crippen LogP contribution in [0.15, 0.2) is 53.0 Å². The number of rotatable bonds is 10. The number of nitrogens with one attached hydrogen (secondary N) is 3. The fourth-order valence-electron chi connectivity index (χ4n) is 4.37. The smallest absolute Gasteiger partial charge is 0.211 e. The quantitative estimate of drug-likeness (QED) is 0.108. The van der Waals surface area contributed by atoms with Crippen LogP contribution in [0.2, 0.25) is 5.02 Å². The van der Waals surface area contributed by atoms with E-state index < -0.39 is 23.9 Å². The van der Waals surface area contributed by atoms with Gasteiger partial charge in [0.25, 0.3) is 0 Å². The third kappa shape index (κ3) is 17.9. The summed E-state index contributed by atoms with van der Waals surface area (Å²) in [4.78, 5) is 20.2. The summed E-state index contributed by atoms with van der Waals surface area (Å²) in [6.07, 6.45) is 6.56. The van der Waals surface area contributed by atoms with E-state index in [1.807, 2.05) is 13.8 Å². The summed E-state index contributed by atoms with van der Waals surface area (Å²) in [5, 5.41) is 26.5. The summed E-state index contributed by atoms with van der Waals surface area (Å²) in [5.74, 6) is -0.626. The third-order valence-corrected chi connectivity index (χ3v) is 6.93. The van der Waals surface area contributed by atoms with Gasteiger partial charge in [0.2, 0.25) is 12.8 Å². The van der Waals surface area contributed by atoms with Crippen LogP contribution in [-0.2, 0) is 9.59 Å². The molecule has 1 aliphatic heterocycles. The van der Waals surface area contributed by atoms with Crippen LogP contribution in [-0.4, -0.2) is 54.9 Å². The highest BCUT2D eigenvalue weighted by molar-refractivity contribution is 6.31. The second-order valence-corrected chi connectivity index (χ2v) is 12.9. The van der Waals surface area contributed by atoms with Gasteiger partial charge in [-0.25, -0.2) is 8.78 Å². The number of carbonyl (C=O) groups is 2. The number of aliphatic hydroxyl groups is 2. The van der Waals surface area contributed by atoms with E-state index in [4.69, 9.17) is 23.2 Å². The number of halogens is 4. The van der Waals surface area contributed by atoms with Crippen molar-refractivity contribution in [3.63, 3.8) is 0 Å². The van der Waals surface area contributed by atoms with Crippen LogP contribution in [0.5, 0.6) is 0 Å². The van der Waals surface area contributed by atoms with E-state index in [-0.39, 0.29) is 21.9 Å². The van der Waals surface area contributed by atoms with Gasteiger partial charge in [-0.2, -0.15) is 0 Å². The zero-order valence-electron chi connectivity index (χ0n) is 27.0. The summed E-state index contributed by atoms with van der Waals surface area (Å²) < 4.78 is 27.4. The number of aliphatic hydroxyl groups excluding tert-OH is 2. The monoisotopic (exact) mass is 661 g/mol. The molecule has 5 N–H and O–H groups in total. The van der Waals surface area contributed by atoms with Gasteiger partial charge < -0.3 is 26.2 Å². The second-order valence-electron chi connectivity index (χ2n) is 12.1. The predicted molar refractivity (Wildman–Crippen MR) is 176 cm³/mol. The van der Waals surface area contributed by atoms with E-state index in [9.17, 15) is 28.6 Å². The van der Waals surface area contributed by atoms with Crippen LogP contribution in [0, 0.1) is 23.1 Å². The van der Waals surface area contributed by atoms with E-state index in [0.29, 0.717) is 62.3 Å². The van der Waals surface area contributed by atoms with Gasteiger partial charge in [-0.15, -0.1) is 0 Å². The summed E-state index contributed by atoms with van der Waals surface area (Å²) in [6.45, 7) is 16.3. The second kappa shape index (κ2) is 22.2. The molecule has 44 heavy (non-hydrogen) atoms. The standard InChI is InChI=1S/C18H18Cl2F2N2O.C8H15NO3.C5H12.C2H6/c1-11(24-10-25)6-15(19)17(21)5-3-13-8-23-9-14(13)12-2-4-18(22)16(20)7-12;10-5-9-2-1-6-3-7(11)8(12)4-6;1-5(2,3)4;1-2/h2-7,10,13-14,23H,8-9H2,1H3,(H,24,25);5-8,11-12H,1-4H2,(H,9,10);1-4H3;1-2H3/b5-3+,11-6+,17-15-;;;/t13-,14-;6?,7-,8?;;/m10../s1. The summed E-state index contributed by atoms with van der Waals surface area (Å²) in [5.41, 5.74) is 1.83. The van der Waals surface area contributed by atoms with Crippen LogP contribution < -0.4 is 16.0 Å². The van der Waals surface area contributed by atoms with Crippen molar-refractivity contribution >= 4 is 36.0 Å². The Bertz CT molecular complexity index is 1080. The Morgan fingerprint density at radius 1 is 1.09 bits per heavy atom. The predicted octanol–water partition coefficient (Wildman–Crippen LogP) is 6.74. The molecule has 2 unspecified atom stereocenters. The summed E-state index contributed by atoms with van der Waals surface area (Å²) in [7, 11) is 0. The van der Waals surface area contributed by atoms with E-state index in [1.165, 1.54) is 18.2 Å². The van der Waals surface area contributed by atoms with Crippen LogP contribution in [0.1, 0.15) is 79.2 Å². The Morgan fingerprint density at radius 2 is 1.68 bits per heavy atom. The third-order valence-electron chi connectivity index (χ3n) is 6.35. The molecule has 0 aromatic heterocycles. The highest BCUT2D eigenvalue weighted by atomic mass is 35.5. The van der Waals surface area contributed by atoms with Gasteiger partial charge >= 0.3 is 0 Å². The minimum Gasteiger partial charge on any atom is -0.390 e. The Morgan fingerprint density at radius 3 is 2.20 bits per heavy atom. The number of carbonyl (C=O) groups excluding carboxylic acids is 2. The van der Waals surface area contributed by atoms with Crippen molar-refractivity contribution in [3.05, 3.63) is 69.4 Å². The molecule has 0 radical (unpaired) electrons. The fraction of sp³-hybridized carbons (Fsp3) is 0.576. The number of benzene rings is 1. The lowest BCUT2D eigenvalue weighted by Gasteiger charge is -2.16. The van der Waals surface area contributed by atoms with Crippen molar-refractivity contribution in [2.24, 2.45) is 17.3 Å². The van der Waals surface area contributed by atoms with Gasteiger partial charge in [-0.05, 0) is 73.3 Å². The molecule has 7 nitrogen and oxygen atoms in total.